The van der Waals surface area contributed by atoms with E-state index in [4.69, 9.17) is 18.9 Å². The summed E-state index contributed by atoms with van der Waals surface area (Å²) in [6.07, 6.45) is -12.1. The molecule has 0 aromatic carbocycles. The van der Waals surface area contributed by atoms with Crippen LogP contribution in [0.2, 0.25) is 0 Å². The van der Waals surface area contributed by atoms with Gasteiger partial charge >= 0.3 is 0 Å². The van der Waals surface area contributed by atoms with E-state index in [2.05, 4.69) is 0 Å². The third-order valence-electron chi connectivity index (χ3n) is 4.38. The Hall–Kier alpha value is -0.440. The van der Waals surface area contributed by atoms with Crippen LogP contribution < -0.4 is 0 Å². The van der Waals surface area contributed by atoms with Gasteiger partial charge in [-0.3, -0.25) is 0 Å². The molecule has 2 saturated heterocycles. The first-order valence-corrected chi connectivity index (χ1v) is 8.02. The van der Waals surface area contributed by atoms with Crippen molar-refractivity contribution in [3.05, 3.63) is 0 Å². The average Bonchev–Trinajstić information content (AvgIpc) is 2.85. The maximum Gasteiger partial charge on any atom is 0.224 e. The number of hydrogen-bond acceptors (Lipinski definition) is 11. The molecule has 2 aliphatic rings. The standard InChI is InChI=1S/C14H26O11/c1-2-22-4-7-9(18)12(21)14(5-16,24-7)25-13-11(20)10(19)8(17)6(3-15)23-13/h6-13,15-21H,2-5H2,1H3/t6?,7?,8?,9?,10?,11?,12-,13?,14+/m1/s1. The summed E-state index contributed by atoms with van der Waals surface area (Å²) in [4.78, 5) is 0. The van der Waals surface area contributed by atoms with Crippen LogP contribution in [0.5, 0.6) is 0 Å². The van der Waals surface area contributed by atoms with Crippen LogP contribution in [0.25, 0.3) is 0 Å². The molecule has 2 heterocycles. The van der Waals surface area contributed by atoms with E-state index in [1.54, 1.807) is 6.92 Å². The second-order valence-electron chi connectivity index (χ2n) is 6.04. The van der Waals surface area contributed by atoms with Gasteiger partial charge in [-0.05, 0) is 6.92 Å². The van der Waals surface area contributed by atoms with Crippen LogP contribution in [0.4, 0.5) is 0 Å². The first kappa shape index (κ1) is 20.9. The second kappa shape index (κ2) is 8.50. The van der Waals surface area contributed by atoms with Crippen molar-refractivity contribution in [2.45, 2.75) is 61.7 Å². The topological polar surface area (TPSA) is 179 Å². The van der Waals surface area contributed by atoms with E-state index < -0.39 is 68.0 Å². The molecule has 2 rings (SSSR count). The Morgan fingerprint density at radius 1 is 0.920 bits per heavy atom. The molecule has 7 N–H and O–H groups in total. The van der Waals surface area contributed by atoms with Crippen LogP contribution in [-0.4, -0.2) is 117 Å². The summed E-state index contributed by atoms with van der Waals surface area (Å²) in [5, 5.41) is 68.6. The second-order valence-corrected chi connectivity index (χ2v) is 6.04. The number of aliphatic hydroxyl groups is 7. The predicted octanol–water partition coefficient (Wildman–Crippen LogP) is -4.35. The first-order chi connectivity index (χ1) is 11.8. The lowest BCUT2D eigenvalue weighted by Crippen LogP contribution is -2.62. The van der Waals surface area contributed by atoms with Crippen LogP contribution in [0.3, 0.4) is 0 Å². The maximum absolute atomic E-state index is 10.2. The highest BCUT2D eigenvalue weighted by molar-refractivity contribution is 4.98. The highest BCUT2D eigenvalue weighted by Crippen LogP contribution is 2.36. The van der Waals surface area contributed by atoms with Gasteiger partial charge in [-0.2, -0.15) is 0 Å². The molecule has 25 heavy (non-hydrogen) atoms. The lowest BCUT2D eigenvalue weighted by Gasteiger charge is -2.43. The SMILES string of the molecule is CCOCC1O[C@@](CO)(OC2OC(CO)C(O)C(O)C2O)[C@H](O)C1O. The van der Waals surface area contributed by atoms with Crippen molar-refractivity contribution in [3.8, 4) is 0 Å². The van der Waals surface area contributed by atoms with Gasteiger partial charge in [-0.1, -0.05) is 0 Å². The number of hydrogen-bond donors (Lipinski definition) is 7. The van der Waals surface area contributed by atoms with E-state index >= 15 is 0 Å². The van der Waals surface area contributed by atoms with Crippen molar-refractivity contribution in [1.29, 1.82) is 0 Å². The van der Waals surface area contributed by atoms with Crippen molar-refractivity contribution in [3.63, 3.8) is 0 Å². The van der Waals surface area contributed by atoms with E-state index in [9.17, 15) is 35.7 Å². The van der Waals surface area contributed by atoms with E-state index in [0.29, 0.717) is 6.61 Å². The normalized spacial score (nSPS) is 48.0. The molecule has 0 aliphatic carbocycles. The Balaban J connectivity index is 2.14. The smallest absolute Gasteiger partial charge is 0.224 e. The Bertz CT molecular complexity index is 422. The van der Waals surface area contributed by atoms with Crippen molar-refractivity contribution in [2.75, 3.05) is 26.4 Å². The quantitative estimate of drug-likeness (QED) is 0.230. The molecule has 0 aromatic rings. The zero-order chi connectivity index (χ0) is 18.8. The lowest BCUT2D eigenvalue weighted by molar-refractivity contribution is -0.383. The van der Waals surface area contributed by atoms with Gasteiger partial charge < -0.3 is 54.7 Å². The molecule has 11 nitrogen and oxygen atoms in total. The van der Waals surface area contributed by atoms with Crippen LogP contribution in [0, 0.1) is 0 Å². The molecule has 0 aromatic heterocycles. The molecule has 0 spiro atoms. The summed E-state index contributed by atoms with van der Waals surface area (Å²) in [5.41, 5.74) is 0. The zero-order valence-electron chi connectivity index (χ0n) is 13.7. The van der Waals surface area contributed by atoms with Crippen molar-refractivity contribution >= 4 is 0 Å². The molecular formula is C14H26O11. The van der Waals surface area contributed by atoms with Crippen LogP contribution in [-0.2, 0) is 18.9 Å². The van der Waals surface area contributed by atoms with E-state index in [1.807, 2.05) is 0 Å². The Labute approximate surface area is 143 Å². The maximum atomic E-state index is 10.2. The summed E-state index contributed by atoms with van der Waals surface area (Å²) in [7, 11) is 0. The minimum absolute atomic E-state index is 0.0749. The van der Waals surface area contributed by atoms with Gasteiger partial charge in [0.05, 0.1) is 13.2 Å². The number of rotatable bonds is 7. The molecule has 11 heteroatoms. The summed E-state index contributed by atoms with van der Waals surface area (Å²) < 4.78 is 21.1. The minimum Gasteiger partial charge on any atom is -0.394 e. The Kier molecular flexibility index (Phi) is 7.09. The summed E-state index contributed by atoms with van der Waals surface area (Å²) in [5.74, 6) is -2.14. The highest BCUT2D eigenvalue weighted by Gasteiger charge is 2.58. The minimum atomic E-state index is -2.14. The zero-order valence-corrected chi connectivity index (χ0v) is 13.7. The molecule has 2 fully saturated rings. The Morgan fingerprint density at radius 2 is 1.60 bits per heavy atom. The van der Waals surface area contributed by atoms with Crippen molar-refractivity contribution in [2.24, 2.45) is 0 Å². The lowest BCUT2D eigenvalue weighted by atomic mass is 9.99. The molecule has 9 atom stereocenters. The highest BCUT2D eigenvalue weighted by atomic mass is 16.8. The fourth-order valence-electron chi connectivity index (χ4n) is 2.85. The van der Waals surface area contributed by atoms with Crippen LogP contribution in [0.1, 0.15) is 6.92 Å². The van der Waals surface area contributed by atoms with Gasteiger partial charge in [0.15, 0.2) is 6.29 Å². The fourth-order valence-corrected chi connectivity index (χ4v) is 2.85. The van der Waals surface area contributed by atoms with E-state index in [1.165, 1.54) is 0 Å². The summed E-state index contributed by atoms with van der Waals surface area (Å²) in [6.45, 7) is 0.414. The molecule has 0 saturated carbocycles. The number of aliphatic hydroxyl groups excluding tert-OH is 7. The largest absolute Gasteiger partial charge is 0.394 e. The third kappa shape index (κ3) is 3.96. The molecule has 0 radical (unpaired) electrons. The van der Waals surface area contributed by atoms with Gasteiger partial charge in [0.1, 0.15) is 49.3 Å². The van der Waals surface area contributed by atoms with E-state index in [0.717, 1.165) is 0 Å². The van der Waals surface area contributed by atoms with Gasteiger partial charge in [0, 0.05) is 6.61 Å². The molecule has 0 bridgehead atoms. The molecule has 7 unspecified atom stereocenters. The van der Waals surface area contributed by atoms with Gasteiger partial charge in [0.2, 0.25) is 5.79 Å². The number of ether oxygens (including phenoxy) is 4. The monoisotopic (exact) mass is 370 g/mol. The molecule has 148 valence electrons. The predicted molar refractivity (Wildman–Crippen MR) is 78.0 cm³/mol. The van der Waals surface area contributed by atoms with Gasteiger partial charge in [-0.25, -0.2) is 0 Å². The first-order valence-electron chi connectivity index (χ1n) is 8.02. The molecule has 0 amide bonds. The van der Waals surface area contributed by atoms with Crippen molar-refractivity contribution in [1.82, 2.24) is 0 Å². The van der Waals surface area contributed by atoms with Crippen LogP contribution >= 0.6 is 0 Å². The Morgan fingerprint density at radius 3 is 2.16 bits per heavy atom. The van der Waals surface area contributed by atoms with Crippen LogP contribution in [0.15, 0.2) is 0 Å². The van der Waals surface area contributed by atoms with E-state index in [-0.39, 0.29) is 6.61 Å². The van der Waals surface area contributed by atoms with Gasteiger partial charge in [0.25, 0.3) is 0 Å². The van der Waals surface area contributed by atoms with Gasteiger partial charge in [-0.15, -0.1) is 0 Å². The summed E-state index contributed by atoms with van der Waals surface area (Å²) in [6, 6.07) is 0. The molecule has 2 aliphatic heterocycles. The summed E-state index contributed by atoms with van der Waals surface area (Å²) >= 11 is 0. The van der Waals surface area contributed by atoms with Crippen molar-refractivity contribution < 1.29 is 54.7 Å². The average molecular weight is 370 g/mol. The third-order valence-corrected chi connectivity index (χ3v) is 4.38. The fraction of sp³-hybridized carbons (Fsp3) is 1.00. The molecular weight excluding hydrogens is 344 g/mol.